The van der Waals surface area contributed by atoms with E-state index in [9.17, 15) is 14.9 Å². The van der Waals surface area contributed by atoms with Gasteiger partial charge in [-0.1, -0.05) is 11.3 Å². The maximum absolute atomic E-state index is 12.2. The molecule has 2 aromatic heterocycles. The molecule has 0 saturated heterocycles. The van der Waals surface area contributed by atoms with Crippen LogP contribution in [0.15, 0.2) is 36.7 Å². The minimum atomic E-state index is -0.971. The molecule has 0 bridgehead atoms. The van der Waals surface area contributed by atoms with Crippen LogP contribution in [0, 0.1) is 21.4 Å². The van der Waals surface area contributed by atoms with E-state index in [1.54, 1.807) is 12.1 Å². The fourth-order valence-electron chi connectivity index (χ4n) is 1.54. The summed E-state index contributed by atoms with van der Waals surface area (Å²) in [5, 5.41) is 19.6. The molecule has 94 valence electrons. The zero-order valence-corrected chi connectivity index (χ0v) is 10.3. The highest BCUT2D eigenvalue weighted by atomic mass is 32.1. The fourth-order valence-corrected chi connectivity index (χ4v) is 2.33. The van der Waals surface area contributed by atoms with Crippen molar-refractivity contribution in [2.24, 2.45) is 0 Å². The van der Waals surface area contributed by atoms with Crippen molar-refractivity contribution < 1.29 is 9.72 Å². The van der Waals surface area contributed by atoms with Crippen LogP contribution in [0.5, 0.6) is 0 Å². The molecule has 0 amide bonds. The van der Waals surface area contributed by atoms with Gasteiger partial charge in [-0.2, -0.15) is 5.26 Å². The molecule has 6 nitrogen and oxygen atoms in total. The third kappa shape index (κ3) is 2.64. The van der Waals surface area contributed by atoms with E-state index in [-0.39, 0.29) is 9.88 Å². The number of carbonyl (C=O) groups excluding carboxylic acids is 1. The molecule has 19 heavy (non-hydrogen) atoms. The first-order chi connectivity index (χ1) is 9.13. The Hall–Kier alpha value is -2.59. The smallest absolute Gasteiger partial charge is 0.291 e. The highest BCUT2D eigenvalue weighted by Crippen LogP contribution is 2.28. The number of aromatic nitrogens is 1. The van der Waals surface area contributed by atoms with Crippen LogP contribution in [0.25, 0.3) is 0 Å². The van der Waals surface area contributed by atoms with Crippen LogP contribution in [0.3, 0.4) is 0 Å². The minimum Gasteiger partial charge on any atom is -0.291 e. The van der Waals surface area contributed by atoms with Crippen LogP contribution in [-0.2, 0) is 0 Å². The topological polar surface area (TPSA) is 96.9 Å². The Labute approximate surface area is 112 Å². The number of nitro groups is 1. The maximum Gasteiger partial charge on any atom is 0.324 e. The largest absolute Gasteiger partial charge is 0.324 e. The van der Waals surface area contributed by atoms with Gasteiger partial charge in [0.15, 0.2) is 5.78 Å². The van der Waals surface area contributed by atoms with Crippen LogP contribution in [0.2, 0.25) is 0 Å². The van der Waals surface area contributed by atoms with Crippen molar-refractivity contribution in [3.63, 3.8) is 0 Å². The second-order valence-electron chi connectivity index (χ2n) is 3.60. The first-order valence-electron chi connectivity index (χ1n) is 5.21. The zero-order chi connectivity index (χ0) is 13.8. The molecular formula is C12H7N3O3S. The standard InChI is InChI=1S/C12H7N3O3S/c13-7-9(8-3-5-14-6-4-8)12(16)10-1-2-11(19-10)15(17)18/h1-6,9H. The number of thiophene rings is 1. The van der Waals surface area contributed by atoms with Gasteiger partial charge in [0.1, 0.15) is 5.92 Å². The molecular weight excluding hydrogens is 266 g/mol. The summed E-state index contributed by atoms with van der Waals surface area (Å²) in [5.74, 6) is -1.41. The Morgan fingerprint density at radius 2 is 2.05 bits per heavy atom. The summed E-state index contributed by atoms with van der Waals surface area (Å²) in [6.07, 6.45) is 2.98. The molecule has 0 aromatic carbocycles. The number of nitriles is 1. The highest BCUT2D eigenvalue weighted by molar-refractivity contribution is 7.17. The molecule has 0 aliphatic carbocycles. The monoisotopic (exact) mass is 273 g/mol. The van der Waals surface area contributed by atoms with Gasteiger partial charge in [-0.15, -0.1) is 0 Å². The Morgan fingerprint density at radius 1 is 1.37 bits per heavy atom. The number of pyridine rings is 1. The van der Waals surface area contributed by atoms with Crippen molar-refractivity contribution in [2.45, 2.75) is 5.92 Å². The van der Waals surface area contributed by atoms with Gasteiger partial charge in [-0.3, -0.25) is 19.9 Å². The highest BCUT2D eigenvalue weighted by Gasteiger charge is 2.24. The molecule has 0 aliphatic heterocycles. The van der Waals surface area contributed by atoms with Gasteiger partial charge < -0.3 is 0 Å². The van der Waals surface area contributed by atoms with Gasteiger partial charge >= 0.3 is 5.00 Å². The number of rotatable bonds is 4. The lowest BCUT2D eigenvalue weighted by molar-refractivity contribution is -0.380. The Bertz CT molecular complexity index is 660. The first-order valence-corrected chi connectivity index (χ1v) is 6.03. The zero-order valence-electron chi connectivity index (χ0n) is 9.52. The number of nitrogens with zero attached hydrogens (tertiary/aromatic N) is 3. The van der Waals surface area contributed by atoms with Gasteiger partial charge in [-0.25, -0.2) is 0 Å². The SMILES string of the molecule is N#CC(C(=O)c1ccc([N+](=O)[O-])s1)c1ccncc1. The van der Waals surface area contributed by atoms with Crippen LogP contribution < -0.4 is 0 Å². The molecule has 0 spiro atoms. The van der Waals surface area contributed by atoms with Crippen LogP contribution in [0.4, 0.5) is 5.00 Å². The average molecular weight is 273 g/mol. The van der Waals surface area contributed by atoms with Crippen molar-refractivity contribution in [3.8, 4) is 6.07 Å². The van der Waals surface area contributed by atoms with Gasteiger partial charge in [0.2, 0.25) is 0 Å². The van der Waals surface area contributed by atoms with Crippen molar-refractivity contribution in [1.29, 1.82) is 5.26 Å². The molecule has 0 N–H and O–H groups in total. The van der Waals surface area contributed by atoms with E-state index >= 15 is 0 Å². The van der Waals surface area contributed by atoms with E-state index < -0.39 is 16.6 Å². The molecule has 2 heterocycles. The Morgan fingerprint density at radius 3 is 2.58 bits per heavy atom. The van der Waals surface area contributed by atoms with Gasteiger partial charge in [0.05, 0.1) is 15.9 Å². The second-order valence-corrected chi connectivity index (χ2v) is 4.66. The first kappa shape index (κ1) is 12.9. The van der Waals surface area contributed by atoms with Gasteiger partial charge in [0.25, 0.3) is 0 Å². The van der Waals surface area contributed by atoms with Crippen molar-refractivity contribution in [2.75, 3.05) is 0 Å². The normalized spacial score (nSPS) is 11.5. The van der Waals surface area contributed by atoms with E-state index in [2.05, 4.69) is 4.98 Å². The number of hydrogen-bond acceptors (Lipinski definition) is 6. The molecule has 0 radical (unpaired) electrons. The summed E-state index contributed by atoms with van der Waals surface area (Å²) >= 11 is 0.772. The minimum absolute atomic E-state index is 0.116. The molecule has 0 saturated carbocycles. The predicted molar refractivity (Wildman–Crippen MR) is 67.9 cm³/mol. The second kappa shape index (κ2) is 5.37. The molecule has 2 rings (SSSR count). The summed E-state index contributed by atoms with van der Waals surface area (Å²) in [7, 11) is 0. The quantitative estimate of drug-likeness (QED) is 0.484. The van der Waals surface area contributed by atoms with E-state index in [1.165, 1.54) is 24.5 Å². The summed E-state index contributed by atoms with van der Waals surface area (Å²) < 4.78 is 0. The third-order valence-corrected chi connectivity index (χ3v) is 3.50. The molecule has 7 heteroatoms. The van der Waals surface area contributed by atoms with Gasteiger partial charge in [0, 0.05) is 18.5 Å². The number of carbonyl (C=O) groups is 1. The van der Waals surface area contributed by atoms with E-state index in [0.29, 0.717) is 5.56 Å². The number of hydrogen-bond donors (Lipinski definition) is 0. The lowest BCUT2D eigenvalue weighted by atomic mass is 9.96. The lowest BCUT2D eigenvalue weighted by Gasteiger charge is -2.05. The van der Waals surface area contributed by atoms with Crippen LogP contribution in [-0.4, -0.2) is 15.7 Å². The average Bonchev–Trinajstić information content (AvgIpc) is 2.90. The summed E-state index contributed by atoms with van der Waals surface area (Å²) in [4.78, 5) is 26.2. The van der Waals surface area contributed by atoms with E-state index in [1.807, 2.05) is 6.07 Å². The molecule has 1 unspecified atom stereocenters. The summed E-state index contributed by atoms with van der Waals surface area (Å²) in [5.41, 5.74) is 0.526. The predicted octanol–water partition coefficient (Wildman–Crippen LogP) is 2.54. The third-order valence-electron chi connectivity index (χ3n) is 2.45. The summed E-state index contributed by atoms with van der Waals surface area (Å²) in [6.45, 7) is 0. The molecule has 0 fully saturated rings. The van der Waals surface area contributed by atoms with E-state index in [4.69, 9.17) is 5.26 Å². The van der Waals surface area contributed by atoms with Crippen LogP contribution >= 0.6 is 11.3 Å². The van der Waals surface area contributed by atoms with Crippen molar-refractivity contribution in [3.05, 3.63) is 57.2 Å². The van der Waals surface area contributed by atoms with Crippen molar-refractivity contribution >= 4 is 22.1 Å². The molecule has 0 aliphatic rings. The number of Topliss-reactive ketones (excluding diaryl/α,β-unsaturated/α-hetero) is 1. The van der Waals surface area contributed by atoms with Crippen LogP contribution in [0.1, 0.15) is 21.2 Å². The Kier molecular flexibility index (Phi) is 3.63. The summed E-state index contributed by atoms with van der Waals surface area (Å²) in [6, 6.07) is 7.70. The van der Waals surface area contributed by atoms with E-state index in [0.717, 1.165) is 11.3 Å². The molecule has 2 aromatic rings. The fraction of sp³-hybridized carbons (Fsp3) is 0.0833. The van der Waals surface area contributed by atoms with Gasteiger partial charge in [-0.05, 0) is 23.8 Å². The molecule has 1 atom stereocenters. The van der Waals surface area contributed by atoms with Crippen molar-refractivity contribution in [1.82, 2.24) is 4.98 Å². The lowest BCUT2D eigenvalue weighted by Crippen LogP contribution is -2.09. The maximum atomic E-state index is 12.2. The Balaban J connectivity index is 2.31. The number of ketones is 1.